The molecule has 0 unspecified atom stereocenters. The average Bonchev–Trinajstić information content (AvgIpc) is 3.05. The lowest BCUT2D eigenvalue weighted by Gasteiger charge is -2.13. The fraction of sp³-hybridized carbons (Fsp3) is 0.304. The highest BCUT2D eigenvalue weighted by Gasteiger charge is 2.30. The SMILES string of the molecule is COCCCN1C(=O)/C(=C\c2ccc(OC)c(COc3cc(C)ccc3[N+](=O)[O-])c2)NC1=S. The minimum Gasteiger partial charge on any atom is -0.496 e. The van der Waals surface area contributed by atoms with E-state index in [2.05, 4.69) is 5.32 Å². The van der Waals surface area contributed by atoms with Crippen LogP contribution in [0.15, 0.2) is 42.1 Å². The molecule has 2 aromatic rings. The molecule has 1 aliphatic heterocycles. The molecule has 1 aliphatic rings. The second-order valence-electron chi connectivity index (χ2n) is 7.38. The standard InChI is InChI=1S/C23H25N3O6S/c1-15-5-7-19(26(28)29)21(11-15)32-14-17-12-16(6-8-20(17)31-3)13-18-22(27)25(23(33)24-18)9-4-10-30-2/h5-8,11-13H,4,9-10,14H2,1-3H3,(H,24,33)/b18-13+. The fourth-order valence-corrected chi connectivity index (χ4v) is 3.64. The first-order valence-electron chi connectivity index (χ1n) is 10.2. The van der Waals surface area contributed by atoms with E-state index in [-0.39, 0.29) is 24.0 Å². The van der Waals surface area contributed by atoms with Crippen LogP contribution in [0.25, 0.3) is 6.08 Å². The number of carbonyl (C=O) groups is 1. The van der Waals surface area contributed by atoms with Gasteiger partial charge in [-0.1, -0.05) is 12.1 Å². The van der Waals surface area contributed by atoms with Crippen molar-refractivity contribution in [2.24, 2.45) is 0 Å². The van der Waals surface area contributed by atoms with Crippen molar-refractivity contribution in [1.82, 2.24) is 10.2 Å². The van der Waals surface area contributed by atoms with Crippen LogP contribution in [0.4, 0.5) is 5.69 Å². The van der Waals surface area contributed by atoms with Crippen molar-refractivity contribution in [3.05, 3.63) is 68.9 Å². The van der Waals surface area contributed by atoms with Crippen LogP contribution in [0.1, 0.15) is 23.1 Å². The Morgan fingerprint density at radius 1 is 1.18 bits per heavy atom. The Balaban J connectivity index is 1.81. The maximum atomic E-state index is 12.7. The number of nitro groups is 1. The number of methoxy groups -OCH3 is 2. The average molecular weight is 472 g/mol. The number of nitrogens with zero attached hydrogens (tertiary/aromatic N) is 2. The second-order valence-corrected chi connectivity index (χ2v) is 7.77. The zero-order valence-corrected chi connectivity index (χ0v) is 19.4. The van der Waals surface area contributed by atoms with E-state index in [4.69, 9.17) is 26.4 Å². The quantitative estimate of drug-likeness (QED) is 0.184. The van der Waals surface area contributed by atoms with Crippen molar-refractivity contribution in [2.45, 2.75) is 20.0 Å². The van der Waals surface area contributed by atoms with Crippen LogP contribution in [-0.2, 0) is 16.1 Å². The summed E-state index contributed by atoms with van der Waals surface area (Å²) >= 11 is 5.28. The van der Waals surface area contributed by atoms with E-state index in [1.54, 1.807) is 43.5 Å². The summed E-state index contributed by atoms with van der Waals surface area (Å²) in [5.41, 5.74) is 2.50. The third-order valence-corrected chi connectivity index (χ3v) is 5.33. The predicted octanol–water partition coefficient (Wildman–Crippen LogP) is 3.58. The molecule has 33 heavy (non-hydrogen) atoms. The van der Waals surface area contributed by atoms with E-state index in [1.165, 1.54) is 18.1 Å². The van der Waals surface area contributed by atoms with Crippen LogP contribution in [0.5, 0.6) is 11.5 Å². The number of rotatable bonds is 10. The summed E-state index contributed by atoms with van der Waals surface area (Å²) in [5.74, 6) is 0.533. The summed E-state index contributed by atoms with van der Waals surface area (Å²) < 4.78 is 16.2. The third kappa shape index (κ3) is 5.85. The summed E-state index contributed by atoms with van der Waals surface area (Å²) in [6, 6.07) is 10.1. The van der Waals surface area contributed by atoms with Gasteiger partial charge in [-0.2, -0.15) is 0 Å². The number of thiocarbonyl (C=S) groups is 1. The number of nitrogens with one attached hydrogen (secondary N) is 1. The monoisotopic (exact) mass is 471 g/mol. The molecule has 0 saturated carbocycles. The molecule has 1 N–H and O–H groups in total. The topological polar surface area (TPSA) is 103 Å². The summed E-state index contributed by atoms with van der Waals surface area (Å²) in [5, 5.41) is 14.6. The smallest absolute Gasteiger partial charge is 0.310 e. The molecule has 0 aromatic heterocycles. The molecule has 0 bridgehead atoms. The van der Waals surface area contributed by atoms with Gasteiger partial charge >= 0.3 is 5.69 Å². The minimum atomic E-state index is -0.481. The number of hydrogen-bond acceptors (Lipinski definition) is 7. The first-order valence-corrected chi connectivity index (χ1v) is 10.6. The number of hydrogen-bond donors (Lipinski definition) is 1. The molecule has 1 fully saturated rings. The molecule has 3 rings (SSSR count). The van der Waals surface area contributed by atoms with Crippen molar-refractivity contribution in [2.75, 3.05) is 27.4 Å². The molecular formula is C23H25N3O6S. The van der Waals surface area contributed by atoms with Crippen molar-refractivity contribution < 1.29 is 23.9 Å². The van der Waals surface area contributed by atoms with E-state index in [1.807, 2.05) is 6.92 Å². The molecule has 0 radical (unpaired) electrons. The Morgan fingerprint density at radius 2 is 1.97 bits per heavy atom. The Hall–Kier alpha value is -3.50. The highest BCUT2D eigenvalue weighted by molar-refractivity contribution is 7.80. The molecule has 2 aromatic carbocycles. The molecule has 1 heterocycles. The normalized spacial score (nSPS) is 14.5. The molecule has 0 aliphatic carbocycles. The summed E-state index contributed by atoms with van der Waals surface area (Å²) in [6.07, 6.45) is 2.37. The van der Waals surface area contributed by atoms with E-state index < -0.39 is 4.92 Å². The van der Waals surface area contributed by atoms with Crippen LogP contribution in [0, 0.1) is 17.0 Å². The molecule has 0 atom stereocenters. The van der Waals surface area contributed by atoms with Gasteiger partial charge in [0.1, 0.15) is 18.1 Å². The van der Waals surface area contributed by atoms with Crippen molar-refractivity contribution in [1.29, 1.82) is 0 Å². The van der Waals surface area contributed by atoms with Crippen LogP contribution >= 0.6 is 12.2 Å². The van der Waals surface area contributed by atoms with Gasteiger partial charge in [-0.05, 0) is 61.0 Å². The minimum absolute atomic E-state index is 0.0490. The van der Waals surface area contributed by atoms with Gasteiger partial charge in [-0.3, -0.25) is 19.8 Å². The first kappa shape index (κ1) is 24.1. The Kier molecular flexibility index (Phi) is 7.96. The summed E-state index contributed by atoms with van der Waals surface area (Å²) in [7, 11) is 3.14. The lowest BCUT2D eigenvalue weighted by Crippen LogP contribution is -2.32. The number of benzene rings is 2. The Bertz CT molecular complexity index is 1100. The maximum Gasteiger partial charge on any atom is 0.310 e. The zero-order chi connectivity index (χ0) is 24.0. The molecule has 9 nitrogen and oxygen atoms in total. The molecular weight excluding hydrogens is 446 g/mol. The first-order chi connectivity index (χ1) is 15.8. The summed E-state index contributed by atoms with van der Waals surface area (Å²) in [6.45, 7) is 2.88. The number of carbonyl (C=O) groups excluding carboxylic acids is 1. The number of aryl methyl sites for hydroxylation is 1. The van der Waals surface area contributed by atoms with Crippen molar-refractivity contribution >= 4 is 35.0 Å². The second kappa shape index (κ2) is 10.9. The number of amides is 1. The number of ether oxygens (including phenoxy) is 3. The Morgan fingerprint density at radius 3 is 2.67 bits per heavy atom. The fourth-order valence-electron chi connectivity index (χ4n) is 3.35. The van der Waals surface area contributed by atoms with Crippen LogP contribution in [0.3, 0.4) is 0 Å². The Labute approximate surface area is 197 Å². The van der Waals surface area contributed by atoms with Crippen molar-refractivity contribution in [3.63, 3.8) is 0 Å². The van der Waals surface area contributed by atoms with E-state index in [9.17, 15) is 14.9 Å². The number of nitro benzene ring substituents is 1. The van der Waals surface area contributed by atoms with Crippen LogP contribution in [0.2, 0.25) is 0 Å². The third-order valence-electron chi connectivity index (χ3n) is 5.00. The van der Waals surface area contributed by atoms with Gasteiger partial charge in [0.2, 0.25) is 0 Å². The van der Waals surface area contributed by atoms with Gasteiger partial charge in [0.15, 0.2) is 10.9 Å². The molecule has 174 valence electrons. The van der Waals surface area contributed by atoms with Gasteiger partial charge in [-0.25, -0.2) is 0 Å². The van der Waals surface area contributed by atoms with E-state index >= 15 is 0 Å². The highest BCUT2D eigenvalue weighted by atomic mass is 32.1. The molecule has 1 saturated heterocycles. The largest absolute Gasteiger partial charge is 0.496 e. The van der Waals surface area contributed by atoms with Gasteiger partial charge in [0.25, 0.3) is 5.91 Å². The molecule has 10 heteroatoms. The van der Waals surface area contributed by atoms with Crippen LogP contribution < -0.4 is 14.8 Å². The van der Waals surface area contributed by atoms with Gasteiger partial charge < -0.3 is 19.5 Å². The van der Waals surface area contributed by atoms with Gasteiger partial charge in [-0.15, -0.1) is 0 Å². The predicted molar refractivity (Wildman–Crippen MR) is 127 cm³/mol. The zero-order valence-electron chi connectivity index (χ0n) is 18.6. The highest BCUT2D eigenvalue weighted by Crippen LogP contribution is 2.30. The molecule has 0 spiro atoms. The summed E-state index contributed by atoms with van der Waals surface area (Å²) in [4.78, 5) is 25.1. The van der Waals surface area contributed by atoms with Crippen molar-refractivity contribution in [3.8, 4) is 11.5 Å². The van der Waals surface area contributed by atoms with E-state index in [0.717, 1.165) is 11.1 Å². The molecule has 1 amide bonds. The van der Waals surface area contributed by atoms with Crippen LogP contribution in [-0.4, -0.2) is 48.2 Å². The maximum absolute atomic E-state index is 12.7. The lowest BCUT2D eigenvalue weighted by atomic mass is 10.1. The van der Waals surface area contributed by atoms with Gasteiger partial charge in [0.05, 0.1) is 12.0 Å². The lowest BCUT2D eigenvalue weighted by molar-refractivity contribution is -0.386. The van der Waals surface area contributed by atoms with Gasteiger partial charge in [0, 0.05) is 31.9 Å². The van der Waals surface area contributed by atoms with E-state index in [0.29, 0.717) is 41.7 Å².